The van der Waals surface area contributed by atoms with Gasteiger partial charge in [-0.1, -0.05) is 45.7 Å². The van der Waals surface area contributed by atoms with E-state index >= 15 is 0 Å². The van der Waals surface area contributed by atoms with Gasteiger partial charge in [0.25, 0.3) is 0 Å². The fourth-order valence-corrected chi connectivity index (χ4v) is 3.52. The maximum atomic E-state index is 12.5. The molecule has 1 amide bonds. The second kappa shape index (κ2) is 8.15. The van der Waals surface area contributed by atoms with E-state index in [1.165, 1.54) is 0 Å². The molecule has 0 radical (unpaired) electrons. The molecule has 2 aromatic rings. The molecule has 3 nitrogen and oxygen atoms in total. The van der Waals surface area contributed by atoms with Crippen molar-refractivity contribution in [3.63, 3.8) is 0 Å². The Bertz CT molecular complexity index is 705. The smallest absolute Gasteiger partial charge is 0.228 e. The molecule has 5 heteroatoms. The Morgan fingerprint density at radius 3 is 2.71 bits per heavy atom. The van der Waals surface area contributed by atoms with Gasteiger partial charge in [0.2, 0.25) is 5.91 Å². The van der Waals surface area contributed by atoms with Gasteiger partial charge in [-0.15, -0.1) is 0 Å². The van der Waals surface area contributed by atoms with Gasteiger partial charge in [0.15, 0.2) is 0 Å². The first kappa shape index (κ1) is 17.5. The van der Waals surface area contributed by atoms with Crippen LogP contribution in [0.25, 0.3) is 0 Å². The van der Waals surface area contributed by atoms with Crippen LogP contribution < -0.4 is 5.32 Å². The minimum atomic E-state index is 0.0184. The monoisotopic (exact) mass is 406 g/mol. The van der Waals surface area contributed by atoms with Crippen LogP contribution in [0.5, 0.6) is 0 Å². The highest BCUT2D eigenvalue weighted by Gasteiger charge is 2.26. The average molecular weight is 408 g/mol. The van der Waals surface area contributed by atoms with E-state index in [9.17, 15) is 4.79 Å². The van der Waals surface area contributed by atoms with Gasteiger partial charge in [-0.2, -0.15) is 0 Å². The highest BCUT2D eigenvalue weighted by Crippen LogP contribution is 2.23. The number of nitrogens with one attached hydrogen (secondary N) is 1. The number of piperidine rings is 1. The summed E-state index contributed by atoms with van der Waals surface area (Å²) in [6.07, 6.45) is 1.96. The van der Waals surface area contributed by atoms with Crippen LogP contribution in [-0.2, 0) is 11.3 Å². The lowest BCUT2D eigenvalue weighted by molar-refractivity contribution is -0.121. The number of likely N-dealkylation sites (tertiary alicyclic amines) is 1. The zero-order chi connectivity index (χ0) is 16.9. The first-order valence-corrected chi connectivity index (χ1v) is 9.31. The van der Waals surface area contributed by atoms with Gasteiger partial charge in [0.05, 0.1) is 5.92 Å². The van der Waals surface area contributed by atoms with Gasteiger partial charge in [-0.05, 0) is 55.3 Å². The van der Waals surface area contributed by atoms with Crippen molar-refractivity contribution < 1.29 is 4.79 Å². The van der Waals surface area contributed by atoms with Crippen molar-refractivity contribution in [1.29, 1.82) is 0 Å². The van der Waals surface area contributed by atoms with Crippen molar-refractivity contribution >= 4 is 39.1 Å². The van der Waals surface area contributed by atoms with Crippen molar-refractivity contribution in [2.24, 2.45) is 5.92 Å². The third-order valence-corrected chi connectivity index (χ3v) is 5.24. The molecule has 1 atom stereocenters. The molecule has 0 aliphatic carbocycles. The van der Waals surface area contributed by atoms with Crippen LogP contribution in [0, 0.1) is 5.92 Å². The molecule has 126 valence electrons. The minimum Gasteiger partial charge on any atom is -0.326 e. The summed E-state index contributed by atoms with van der Waals surface area (Å²) in [7, 11) is 0. The molecule has 0 spiro atoms. The maximum absolute atomic E-state index is 12.5. The van der Waals surface area contributed by atoms with Crippen LogP contribution in [0.3, 0.4) is 0 Å². The first-order valence-electron chi connectivity index (χ1n) is 8.14. The Morgan fingerprint density at radius 1 is 1.21 bits per heavy atom. The number of hydrogen-bond donors (Lipinski definition) is 1. The molecule has 1 N–H and O–H groups in total. The van der Waals surface area contributed by atoms with E-state index in [2.05, 4.69) is 26.1 Å². The van der Waals surface area contributed by atoms with E-state index in [1.807, 2.05) is 48.5 Å². The fourth-order valence-electron chi connectivity index (χ4n) is 3.06. The summed E-state index contributed by atoms with van der Waals surface area (Å²) in [6.45, 7) is 2.57. The summed E-state index contributed by atoms with van der Waals surface area (Å²) in [6, 6.07) is 15.6. The van der Waals surface area contributed by atoms with Gasteiger partial charge in [-0.3, -0.25) is 9.69 Å². The molecule has 0 aromatic heterocycles. The van der Waals surface area contributed by atoms with E-state index < -0.39 is 0 Å². The predicted molar refractivity (Wildman–Crippen MR) is 102 cm³/mol. The third kappa shape index (κ3) is 4.59. The normalized spacial score (nSPS) is 18.3. The van der Waals surface area contributed by atoms with E-state index in [-0.39, 0.29) is 11.8 Å². The lowest BCUT2D eigenvalue weighted by atomic mass is 9.96. The Kier molecular flexibility index (Phi) is 5.93. The Hall–Kier alpha value is -1.36. The zero-order valence-corrected chi connectivity index (χ0v) is 15.7. The first-order chi connectivity index (χ1) is 11.6. The standard InChI is InChI=1S/C19H20BrClN2O/c20-16-7-9-17(10-8-16)22-19(24)15-5-3-11-23(13-15)12-14-4-1-2-6-18(14)21/h1-2,4,6-10,15H,3,5,11-13H2,(H,22,24)/t15-/m1/s1. The van der Waals surface area contributed by atoms with Crippen LogP contribution in [0.4, 0.5) is 5.69 Å². The molecular weight excluding hydrogens is 388 g/mol. The topological polar surface area (TPSA) is 32.3 Å². The van der Waals surface area contributed by atoms with Crippen molar-refractivity contribution in [2.75, 3.05) is 18.4 Å². The summed E-state index contributed by atoms with van der Waals surface area (Å²) >= 11 is 9.66. The van der Waals surface area contributed by atoms with Crippen molar-refractivity contribution in [2.45, 2.75) is 19.4 Å². The number of benzene rings is 2. The lowest BCUT2D eigenvalue weighted by Crippen LogP contribution is -2.40. The van der Waals surface area contributed by atoms with Gasteiger partial charge < -0.3 is 5.32 Å². The molecule has 0 saturated carbocycles. The summed E-state index contributed by atoms with van der Waals surface area (Å²) in [5.41, 5.74) is 1.96. The molecule has 0 unspecified atom stereocenters. The lowest BCUT2D eigenvalue weighted by Gasteiger charge is -2.32. The summed E-state index contributed by atoms with van der Waals surface area (Å²) in [5, 5.41) is 3.81. The number of amides is 1. The van der Waals surface area contributed by atoms with Crippen LogP contribution in [-0.4, -0.2) is 23.9 Å². The highest BCUT2D eigenvalue weighted by molar-refractivity contribution is 9.10. The Labute approximate surface area is 156 Å². The number of rotatable bonds is 4. The van der Waals surface area contributed by atoms with Gasteiger partial charge in [-0.25, -0.2) is 0 Å². The maximum Gasteiger partial charge on any atom is 0.228 e. The van der Waals surface area contributed by atoms with E-state index in [0.29, 0.717) is 0 Å². The number of anilines is 1. The summed E-state index contributed by atoms with van der Waals surface area (Å²) in [4.78, 5) is 14.9. The minimum absolute atomic E-state index is 0.0184. The van der Waals surface area contributed by atoms with Crippen molar-refractivity contribution in [3.05, 3.63) is 63.6 Å². The molecule has 1 aliphatic rings. The van der Waals surface area contributed by atoms with E-state index in [1.54, 1.807) is 0 Å². The SMILES string of the molecule is O=C(Nc1ccc(Br)cc1)[C@@H]1CCCN(Cc2ccccc2Cl)C1. The number of hydrogen-bond acceptors (Lipinski definition) is 2. The van der Waals surface area contributed by atoms with Gasteiger partial charge in [0.1, 0.15) is 0 Å². The number of halogens is 2. The quantitative estimate of drug-likeness (QED) is 0.777. The van der Waals surface area contributed by atoms with E-state index in [4.69, 9.17) is 11.6 Å². The molecule has 1 aliphatic heterocycles. The molecule has 2 aromatic carbocycles. The van der Waals surface area contributed by atoms with E-state index in [0.717, 1.165) is 53.2 Å². The zero-order valence-electron chi connectivity index (χ0n) is 13.3. The van der Waals surface area contributed by atoms with Crippen LogP contribution in [0.1, 0.15) is 18.4 Å². The van der Waals surface area contributed by atoms with Gasteiger partial charge in [0, 0.05) is 28.3 Å². The molecule has 1 fully saturated rings. The fraction of sp³-hybridized carbons (Fsp3) is 0.316. The van der Waals surface area contributed by atoms with Gasteiger partial charge >= 0.3 is 0 Å². The number of nitrogens with zero attached hydrogens (tertiary/aromatic N) is 1. The molecule has 0 bridgehead atoms. The second-order valence-corrected chi connectivity index (χ2v) is 7.48. The Balaban J connectivity index is 1.59. The molecule has 1 saturated heterocycles. The highest BCUT2D eigenvalue weighted by atomic mass is 79.9. The number of carbonyl (C=O) groups is 1. The average Bonchev–Trinajstić information content (AvgIpc) is 2.59. The van der Waals surface area contributed by atoms with Crippen LogP contribution >= 0.6 is 27.5 Å². The summed E-state index contributed by atoms with van der Waals surface area (Å²) in [5.74, 6) is 0.117. The second-order valence-electron chi connectivity index (χ2n) is 6.16. The van der Waals surface area contributed by atoms with Crippen LogP contribution in [0.15, 0.2) is 53.0 Å². The molecule has 1 heterocycles. The van der Waals surface area contributed by atoms with Crippen molar-refractivity contribution in [3.8, 4) is 0 Å². The van der Waals surface area contributed by atoms with Crippen molar-refractivity contribution in [1.82, 2.24) is 4.90 Å². The molecule has 3 rings (SSSR count). The predicted octanol–water partition coefficient (Wildman–Crippen LogP) is 4.95. The molecule has 24 heavy (non-hydrogen) atoms. The van der Waals surface area contributed by atoms with Crippen LogP contribution in [0.2, 0.25) is 5.02 Å². The Morgan fingerprint density at radius 2 is 1.96 bits per heavy atom. The molecular formula is C19H20BrClN2O. The third-order valence-electron chi connectivity index (χ3n) is 4.34. The summed E-state index contributed by atoms with van der Waals surface area (Å²) < 4.78 is 1.00. The number of carbonyl (C=O) groups excluding carboxylic acids is 1. The largest absolute Gasteiger partial charge is 0.326 e.